The van der Waals surface area contributed by atoms with E-state index in [-0.39, 0.29) is 43.4 Å². The van der Waals surface area contributed by atoms with Gasteiger partial charge in [0.25, 0.3) is 0 Å². The molecule has 0 bridgehead atoms. The van der Waals surface area contributed by atoms with Crippen molar-refractivity contribution in [1.82, 2.24) is 30.8 Å². The number of hydrogen-bond donors (Lipinski definition) is 7. The molecule has 0 saturated heterocycles. The van der Waals surface area contributed by atoms with Crippen LogP contribution in [0.15, 0.2) is 122 Å². The highest BCUT2D eigenvalue weighted by Gasteiger charge is 2.31. The minimum Gasteiger partial charge on any atom is -0.480 e. The number of carboxylic acid groups (broad SMARTS) is 1. The lowest BCUT2D eigenvalue weighted by molar-refractivity contribution is -0.142. The van der Waals surface area contributed by atoms with Crippen molar-refractivity contribution in [3.05, 3.63) is 155 Å². The van der Waals surface area contributed by atoms with Crippen LogP contribution in [0.2, 0.25) is 0 Å². The third-order valence-corrected chi connectivity index (χ3v) is 12.1. The number of nitrogens with one attached hydrogen (secondary N) is 4. The number of aliphatic carboxylic acids is 1. The highest BCUT2D eigenvalue weighted by Crippen LogP contribution is 2.27. The van der Waals surface area contributed by atoms with Gasteiger partial charge in [0, 0.05) is 38.4 Å². The minimum atomic E-state index is -4.79. The van der Waals surface area contributed by atoms with Crippen LogP contribution in [0.1, 0.15) is 104 Å². The van der Waals surface area contributed by atoms with E-state index < -0.39 is 58.3 Å². The van der Waals surface area contributed by atoms with Gasteiger partial charge in [-0.1, -0.05) is 135 Å². The summed E-state index contributed by atoms with van der Waals surface area (Å²) in [7, 11) is -4.79. The van der Waals surface area contributed by atoms with Crippen LogP contribution in [0.3, 0.4) is 0 Å². The zero-order valence-corrected chi connectivity index (χ0v) is 40.5. The number of aromatic nitrogens is 2. The molecule has 0 radical (unpaired) electrons. The summed E-state index contributed by atoms with van der Waals surface area (Å²) < 4.78 is 37.7. The number of carbonyl (C=O) groups is 5. The molecule has 4 aromatic carbocycles. The molecule has 374 valence electrons. The van der Waals surface area contributed by atoms with Crippen LogP contribution in [0, 0.1) is 6.92 Å². The fourth-order valence-electron chi connectivity index (χ4n) is 7.93. The molecule has 18 heteroatoms. The first-order valence-corrected chi connectivity index (χ1v) is 25.0. The lowest BCUT2D eigenvalue weighted by Crippen LogP contribution is -2.58. The van der Waals surface area contributed by atoms with E-state index in [1.165, 1.54) is 24.3 Å². The average Bonchev–Trinajstić information content (AvgIpc) is 3.79. The maximum atomic E-state index is 14.4. The molecule has 4 atom stereocenters. The van der Waals surface area contributed by atoms with Crippen molar-refractivity contribution >= 4 is 40.0 Å². The Morgan fingerprint density at radius 1 is 0.686 bits per heavy atom. The van der Waals surface area contributed by atoms with Gasteiger partial charge in [-0.3, -0.25) is 23.7 Å². The van der Waals surface area contributed by atoms with Crippen LogP contribution in [0.4, 0.5) is 0 Å². The minimum absolute atomic E-state index is 0.0356. The zero-order valence-electron chi connectivity index (χ0n) is 39.7. The number of rotatable bonds is 29. The molecule has 4 unspecified atom stereocenters. The van der Waals surface area contributed by atoms with Gasteiger partial charge in [-0.2, -0.15) is 8.42 Å². The number of hydrogen-bond acceptors (Lipinski definition) is 10. The highest BCUT2D eigenvalue weighted by atomic mass is 32.3. The van der Waals surface area contributed by atoms with Crippen molar-refractivity contribution in [1.29, 1.82) is 0 Å². The summed E-state index contributed by atoms with van der Waals surface area (Å²) in [5, 5.41) is 21.2. The van der Waals surface area contributed by atoms with E-state index in [1.807, 2.05) is 90.5 Å². The number of imidazole rings is 1. The van der Waals surface area contributed by atoms with Gasteiger partial charge in [0.05, 0.1) is 24.1 Å². The summed E-state index contributed by atoms with van der Waals surface area (Å²) in [6.45, 7) is 4.38. The fraction of sp³-hybridized carbons (Fsp3) is 0.385. The number of aryl methyl sites for hydroxylation is 1. The number of amides is 4. The molecule has 1 heterocycles. The molecule has 0 fully saturated rings. The molecule has 70 heavy (non-hydrogen) atoms. The van der Waals surface area contributed by atoms with E-state index in [4.69, 9.17) is 10.3 Å². The van der Waals surface area contributed by atoms with Crippen LogP contribution in [0.25, 0.3) is 0 Å². The van der Waals surface area contributed by atoms with Crippen LogP contribution < -0.4 is 31.2 Å². The van der Waals surface area contributed by atoms with Crippen LogP contribution in [-0.2, 0) is 53.6 Å². The van der Waals surface area contributed by atoms with Gasteiger partial charge in [-0.25, -0.2) is 9.78 Å². The fourth-order valence-corrected chi connectivity index (χ4v) is 8.28. The molecule has 0 aliphatic heterocycles. The molecular weight excluding hydrogens is 915 g/mol. The van der Waals surface area contributed by atoms with Gasteiger partial charge in [0.1, 0.15) is 23.9 Å². The maximum Gasteiger partial charge on any atom is 0.446 e. The molecule has 5 aromatic rings. The monoisotopic (exact) mass is 979 g/mol. The highest BCUT2D eigenvalue weighted by molar-refractivity contribution is 7.81. The molecule has 0 saturated carbocycles. The van der Waals surface area contributed by atoms with Crippen molar-refractivity contribution in [2.75, 3.05) is 6.54 Å². The van der Waals surface area contributed by atoms with E-state index in [1.54, 1.807) is 18.5 Å². The molecule has 0 aliphatic carbocycles. The zero-order chi connectivity index (χ0) is 50.5. The number of carbonyl (C=O) groups excluding carboxylic acids is 4. The van der Waals surface area contributed by atoms with E-state index in [0.29, 0.717) is 42.6 Å². The molecule has 4 amide bonds. The quantitative estimate of drug-likeness (QED) is 0.0230. The van der Waals surface area contributed by atoms with Crippen LogP contribution in [-0.4, -0.2) is 87.9 Å². The number of unbranched alkanes of at least 4 members (excludes halogenated alkanes) is 5. The van der Waals surface area contributed by atoms with Gasteiger partial charge in [-0.05, 0) is 67.0 Å². The largest absolute Gasteiger partial charge is 0.480 e. The van der Waals surface area contributed by atoms with E-state index in [9.17, 15) is 37.5 Å². The van der Waals surface area contributed by atoms with E-state index >= 15 is 0 Å². The second-order valence-electron chi connectivity index (χ2n) is 17.4. The molecule has 17 nitrogen and oxygen atoms in total. The van der Waals surface area contributed by atoms with Gasteiger partial charge >= 0.3 is 16.4 Å². The predicted molar refractivity (Wildman–Crippen MR) is 265 cm³/mol. The number of carboxylic acids is 1. The summed E-state index contributed by atoms with van der Waals surface area (Å²) in [6.07, 6.45) is 9.84. The lowest BCUT2D eigenvalue weighted by atomic mass is 9.98. The standard InChI is InChI=1S/C52H65N7O10S/c1-3-4-5-6-13-21-47(60)54-30-15-14-20-44(56-49(61)43(53)33-41-34-59(35-55-41)48(39-16-9-7-10-17-39)40-18-11-8-12-19-40)50(62)57-45(31-37-24-22-36(2)23-25-37)51(63)58-46(52(64)65)32-38-26-28-42(29-27-38)69-70(66,67)68/h7-12,16-19,22-29,34-35,43-46,48H,3-6,13-15,20-21,30-33,53H2,1-2H3,(H,54,60)(H,56,61)(H,57,62)(H,58,63)(H,64,65)(H,66,67,68). The van der Waals surface area contributed by atoms with Gasteiger partial charge in [-0.15, -0.1) is 0 Å². The van der Waals surface area contributed by atoms with E-state index in [0.717, 1.165) is 48.8 Å². The summed E-state index contributed by atoms with van der Waals surface area (Å²) >= 11 is 0. The first kappa shape index (κ1) is 54.1. The number of benzene rings is 4. The Kier molecular flexibility index (Phi) is 21.1. The van der Waals surface area contributed by atoms with Gasteiger partial charge in [0.15, 0.2) is 0 Å². The third-order valence-electron chi connectivity index (χ3n) is 11.7. The SMILES string of the molecule is CCCCCCCC(=O)NCCCCC(NC(=O)C(N)Cc1cn(C(c2ccccc2)c2ccccc2)cn1)C(=O)NC(Cc1ccc(C)cc1)C(=O)NC(Cc1ccc(OS(=O)(=O)O)cc1)C(=O)O. The second-order valence-corrected chi connectivity index (χ2v) is 18.4. The summed E-state index contributed by atoms with van der Waals surface area (Å²) in [5.41, 5.74) is 11.1. The maximum absolute atomic E-state index is 14.4. The van der Waals surface area contributed by atoms with Gasteiger partial charge < -0.3 is 40.9 Å². The van der Waals surface area contributed by atoms with Crippen molar-refractivity contribution in [2.45, 2.75) is 121 Å². The molecule has 5 rings (SSSR count). The third kappa shape index (κ3) is 18.2. The Morgan fingerprint density at radius 2 is 1.24 bits per heavy atom. The van der Waals surface area contributed by atoms with Crippen molar-refractivity contribution in [2.24, 2.45) is 5.73 Å². The average molecular weight is 980 g/mol. The number of nitrogens with zero attached hydrogens (tertiary/aromatic N) is 2. The van der Waals surface area contributed by atoms with Crippen LogP contribution >= 0.6 is 0 Å². The lowest BCUT2D eigenvalue weighted by Gasteiger charge is -2.25. The Morgan fingerprint density at radius 3 is 1.84 bits per heavy atom. The molecule has 8 N–H and O–H groups in total. The molecule has 0 spiro atoms. The number of nitrogens with two attached hydrogens (primary N) is 1. The first-order valence-electron chi connectivity index (χ1n) is 23.7. The Labute approximate surface area is 410 Å². The molecule has 0 aliphatic rings. The smallest absolute Gasteiger partial charge is 0.446 e. The summed E-state index contributed by atoms with van der Waals surface area (Å²) in [4.78, 5) is 71.9. The summed E-state index contributed by atoms with van der Waals surface area (Å²) in [5.74, 6) is -3.80. The summed E-state index contributed by atoms with van der Waals surface area (Å²) in [6, 6.07) is 27.0. The predicted octanol–water partition coefficient (Wildman–Crippen LogP) is 5.55. The first-order chi connectivity index (χ1) is 33.6. The molecular formula is C52H65N7O10S. The van der Waals surface area contributed by atoms with E-state index in [2.05, 4.69) is 37.4 Å². The van der Waals surface area contributed by atoms with Crippen molar-refractivity contribution in [3.63, 3.8) is 0 Å². The molecule has 1 aromatic heterocycles. The Balaban J connectivity index is 1.31. The van der Waals surface area contributed by atoms with Crippen molar-refractivity contribution < 1.29 is 46.2 Å². The topological polar surface area (TPSA) is 261 Å². The van der Waals surface area contributed by atoms with Crippen LogP contribution in [0.5, 0.6) is 5.75 Å². The Hall–Kier alpha value is -6.89. The van der Waals surface area contributed by atoms with Crippen molar-refractivity contribution in [3.8, 4) is 5.75 Å². The Bertz CT molecular complexity index is 2520. The van der Waals surface area contributed by atoms with Gasteiger partial charge in [0.2, 0.25) is 23.6 Å². The normalized spacial score (nSPS) is 13.1. The second kappa shape index (κ2) is 27.3.